The van der Waals surface area contributed by atoms with E-state index in [0.717, 1.165) is 21.2 Å². The molecule has 3 nitrogen and oxygen atoms in total. The number of nitrogens with two attached hydrogens (primary N) is 1. The summed E-state index contributed by atoms with van der Waals surface area (Å²) >= 11 is 3.39. The molecule has 1 rings (SSSR count). The van der Waals surface area contributed by atoms with Crippen molar-refractivity contribution in [3.63, 3.8) is 0 Å². The summed E-state index contributed by atoms with van der Waals surface area (Å²) < 4.78 is 0.817. The van der Waals surface area contributed by atoms with Crippen LogP contribution in [0, 0.1) is 13.8 Å². The van der Waals surface area contributed by atoms with Crippen LogP contribution in [0.15, 0.2) is 16.6 Å². The molecule has 0 fully saturated rings. The standard InChI is InChI=1S/C11H14BrNO2/c1-6-3-7(2)10(9(12)4-6)8(5-13)11(14)15/h3-4,8H,5,13H2,1-2H3,(H,14,15). The van der Waals surface area contributed by atoms with Gasteiger partial charge in [0, 0.05) is 11.0 Å². The highest BCUT2D eigenvalue weighted by Crippen LogP contribution is 2.29. The molecule has 0 heterocycles. The van der Waals surface area contributed by atoms with Crippen molar-refractivity contribution in [3.05, 3.63) is 33.3 Å². The minimum atomic E-state index is -0.884. The quantitative estimate of drug-likeness (QED) is 0.886. The topological polar surface area (TPSA) is 63.3 Å². The molecular weight excluding hydrogens is 258 g/mol. The number of carboxylic acids is 1. The summed E-state index contributed by atoms with van der Waals surface area (Å²) in [7, 11) is 0. The van der Waals surface area contributed by atoms with Crippen LogP contribution in [0.5, 0.6) is 0 Å². The molecule has 0 saturated carbocycles. The highest BCUT2D eigenvalue weighted by Gasteiger charge is 2.22. The van der Waals surface area contributed by atoms with Crippen LogP contribution in [0.3, 0.4) is 0 Å². The van der Waals surface area contributed by atoms with Crippen LogP contribution < -0.4 is 5.73 Å². The lowest BCUT2D eigenvalue weighted by Gasteiger charge is -2.16. The van der Waals surface area contributed by atoms with Gasteiger partial charge in [-0.1, -0.05) is 22.0 Å². The predicted octanol–water partition coefficient (Wildman–Crippen LogP) is 2.19. The lowest BCUT2D eigenvalue weighted by atomic mass is 9.94. The van der Waals surface area contributed by atoms with Gasteiger partial charge in [-0.15, -0.1) is 0 Å². The van der Waals surface area contributed by atoms with Gasteiger partial charge in [0.05, 0.1) is 5.92 Å². The zero-order valence-corrected chi connectivity index (χ0v) is 10.3. The van der Waals surface area contributed by atoms with E-state index in [0.29, 0.717) is 0 Å². The SMILES string of the molecule is Cc1cc(C)c(C(CN)C(=O)O)c(Br)c1. The highest BCUT2D eigenvalue weighted by molar-refractivity contribution is 9.10. The molecular formula is C11H14BrNO2. The molecule has 0 spiro atoms. The van der Waals surface area contributed by atoms with Crippen LogP contribution >= 0.6 is 15.9 Å². The maximum Gasteiger partial charge on any atom is 0.312 e. The van der Waals surface area contributed by atoms with Crippen LogP contribution in [0.2, 0.25) is 0 Å². The van der Waals surface area contributed by atoms with Crippen LogP contribution in [-0.2, 0) is 4.79 Å². The van der Waals surface area contributed by atoms with E-state index in [1.807, 2.05) is 26.0 Å². The molecule has 1 atom stereocenters. The van der Waals surface area contributed by atoms with E-state index in [2.05, 4.69) is 15.9 Å². The fourth-order valence-electron chi connectivity index (χ4n) is 1.71. The number of hydrogen-bond acceptors (Lipinski definition) is 2. The lowest BCUT2D eigenvalue weighted by Crippen LogP contribution is -2.22. The molecule has 0 aliphatic heterocycles. The zero-order chi connectivity index (χ0) is 11.6. The Labute approximate surface area is 97.4 Å². The van der Waals surface area contributed by atoms with Gasteiger partial charge >= 0.3 is 5.97 Å². The molecule has 0 radical (unpaired) electrons. The third-order valence-electron chi connectivity index (χ3n) is 2.36. The minimum Gasteiger partial charge on any atom is -0.481 e. The third kappa shape index (κ3) is 2.58. The summed E-state index contributed by atoms with van der Waals surface area (Å²) in [5, 5.41) is 9.04. The van der Waals surface area contributed by atoms with Gasteiger partial charge in [-0.05, 0) is 36.6 Å². The Morgan fingerprint density at radius 1 is 1.53 bits per heavy atom. The maximum atomic E-state index is 11.0. The molecule has 3 N–H and O–H groups in total. The average Bonchev–Trinajstić information content (AvgIpc) is 2.09. The monoisotopic (exact) mass is 271 g/mol. The summed E-state index contributed by atoms with van der Waals surface area (Å²) in [5.74, 6) is -1.52. The first-order valence-electron chi connectivity index (χ1n) is 4.67. The lowest BCUT2D eigenvalue weighted by molar-refractivity contribution is -0.138. The first-order valence-corrected chi connectivity index (χ1v) is 5.46. The highest BCUT2D eigenvalue weighted by atomic mass is 79.9. The molecule has 0 bridgehead atoms. The van der Waals surface area contributed by atoms with E-state index >= 15 is 0 Å². The number of hydrogen-bond donors (Lipinski definition) is 2. The first kappa shape index (κ1) is 12.2. The zero-order valence-electron chi connectivity index (χ0n) is 8.75. The van der Waals surface area contributed by atoms with Crippen molar-refractivity contribution >= 4 is 21.9 Å². The second-order valence-electron chi connectivity index (χ2n) is 3.60. The van der Waals surface area contributed by atoms with Crippen LogP contribution in [-0.4, -0.2) is 17.6 Å². The molecule has 0 aliphatic rings. The van der Waals surface area contributed by atoms with Gasteiger partial charge in [-0.25, -0.2) is 0 Å². The Balaban J connectivity index is 3.29. The number of halogens is 1. The number of carboxylic acid groups (broad SMARTS) is 1. The number of benzene rings is 1. The molecule has 82 valence electrons. The van der Waals surface area contributed by atoms with Gasteiger partial charge in [0.1, 0.15) is 0 Å². The predicted molar refractivity (Wildman–Crippen MR) is 63.0 cm³/mol. The number of aryl methyl sites for hydroxylation is 2. The summed E-state index contributed by atoms with van der Waals surface area (Å²) in [6.45, 7) is 3.98. The van der Waals surface area contributed by atoms with Gasteiger partial charge in [-0.3, -0.25) is 4.79 Å². The second-order valence-corrected chi connectivity index (χ2v) is 4.46. The molecule has 1 aromatic carbocycles. The van der Waals surface area contributed by atoms with Crippen molar-refractivity contribution in [2.24, 2.45) is 5.73 Å². The van der Waals surface area contributed by atoms with Crippen molar-refractivity contribution in [2.75, 3.05) is 6.54 Å². The fourth-order valence-corrected chi connectivity index (χ4v) is 2.66. The van der Waals surface area contributed by atoms with Crippen LogP contribution in [0.4, 0.5) is 0 Å². The van der Waals surface area contributed by atoms with Gasteiger partial charge < -0.3 is 10.8 Å². The van der Waals surface area contributed by atoms with E-state index < -0.39 is 11.9 Å². The van der Waals surface area contributed by atoms with Crippen molar-refractivity contribution in [3.8, 4) is 0 Å². The smallest absolute Gasteiger partial charge is 0.312 e. The first-order chi connectivity index (χ1) is 6.97. The molecule has 0 aliphatic carbocycles. The second kappa shape index (κ2) is 4.77. The molecule has 4 heteroatoms. The maximum absolute atomic E-state index is 11.0. The van der Waals surface area contributed by atoms with Crippen molar-refractivity contribution in [1.82, 2.24) is 0 Å². The van der Waals surface area contributed by atoms with Crippen molar-refractivity contribution < 1.29 is 9.90 Å². The average molecular weight is 272 g/mol. The van der Waals surface area contributed by atoms with Crippen LogP contribution in [0.1, 0.15) is 22.6 Å². The summed E-state index contributed by atoms with van der Waals surface area (Å²) in [4.78, 5) is 11.0. The Morgan fingerprint density at radius 3 is 2.53 bits per heavy atom. The van der Waals surface area contributed by atoms with E-state index in [4.69, 9.17) is 10.8 Å². The molecule has 0 saturated heterocycles. The van der Waals surface area contributed by atoms with Gasteiger partial charge in [-0.2, -0.15) is 0 Å². The summed E-state index contributed by atoms with van der Waals surface area (Å²) in [6.07, 6.45) is 0. The minimum absolute atomic E-state index is 0.109. The van der Waals surface area contributed by atoms with Gasteiger partial charge in [0.25, 0.3) is 0 Å². The Hall–Kier alpha value is -0.870. The van der Waals surface area contributed by atoms with Gasteiger partial charge in [0.2, 0.25) is 0 Å². The van der Waals surface area contributed by atoms with Crippen LogP contribution in [0.25, 0.3) is 0 Å². The molecule has 0 amide bonds. The van der Waals surface area contributed by atoms with E-state index in [1.165, 1.54) is 0 Å². The molecule has 1 aromatic rings. The number of aliphatic carboxylic acids is 1. The van der Waals surface area contributed by atoms with Crippen molar-refractivity contribution in [2.45, 2.75) is 19.8 Å². The Bertz CT molecular complexity index is 367. The largest absolute Gasteiger partial charge is 0.481 e. The molecule has 15 heavy (non-hydrogen) atoms. The number of carbonyl (C=O) groups is 1. The summed E-state index contributed by atoms with van der Waals surface area (Å²) in [6, 6.07) is 3.87. The Morgan fingerprint density at radius 2 is 2.13 bits per heavy atom. The van der Waals surface area contributed by atoms with Crippen molar-refractivity contribution in [1.29, 1.82) is 0 Å². The normalized spacial score (nSPS) is 12.5. The van der Waals surface area contributed by atoms with E-state index in [9.17, 15) is 4.79 Å². The fraction of sp³-hybridized carbons (Fsp3) is 0.364. The number of rotatable bonds is 3. The van der Waals surface area contributed by atoms with E-state index in [-0.39, 0.29) is 6.54 Å². The molecule has 1 unspecified atom stereocenters. The molecule has 0 aromatic heterocycles. The van der Waals surface area contributed by atoms with E-state index in [1.54, 1.807) is 0 Å². The Kier molecular flexibility index (Phi) is 3.88. The third-order valence-corrected chi connectivity index (χ3v) is 3.02. The van der Waals surface area contributed by atoms with Gasteiger partial charge in [0.15, 0.2) is 0 Å². The summed E-state index contributed by atoms with van der Waals surface area (Å²) in [5.41, 5.74) is 8.31.